The summed E-state index contributed by atoms with van der Waals surface area (Å²) in [6.45, 7) is 2.49. The highest BCUT2D eigenvalue weighted by atomic mass is 16.2. The Bertz CT molecular complexity index is 967. The van der Waals surface area contributed by atoms with Gasteiger partial charge < -0.3 is 10.2 Å². The summed E-state index contributed by atoms with van der Waals surface area (Å²) >= 11 is 0. The van der Waals surface area contributed by atoms with E-state index in [4.69, 9.17) is 0 Å². The smallest absolute Gasteiger partial charge is 0.256 e. The third kappa shape index (κ3) is 4.86. The van der Waals surface area contributed by atoms with Crippen molar-refractivity contribution in [2.75, 3.05) is 12.4 Å². The second kappa shape index (κ2) is 9.00. The van der Waals surface area contributed by atoms with E-state index < -0.39 is 0 Å². The maximum atomic E-state index is 12.9. The number of para-hydroxylation sites is 1. The summed E-state index contributed by atoms with van der Waals surface area (Å²) in [4.78, 5) is 27.1. The van der Waals surface area contributed by atoms with Gasteiger partial charge in [-0.2, -0.15) is 0 Å². The van der Waals surface area contributed by atoms with Crippen LogP contribution in [-0.2, 0) is 17.8 Å². The van der Waals surface area contributed by atoms with Crippen LogP contribution in [-0.4, -0.2) is 23.8 Å². The molecule has 0 aliphatic rings. The topological polar surface area (TPSA) is 49.4 Å². The van der Waals surface area contributed by atoms with Gasteiger partial charge in [0.2, 0.25) is 5.91 Å². The van der Waals surface area contributed by atoms with Crippen LogP contribution in [0, 0.1) is 6.92 Å². The number of nitrogens with zero attached hydrogens (tertiary/aromatic N) is 1. The Morgan fingerprint density at radius 1 is 0.857 bits per heavy atom. The third-order valence-electron chi connectivity index (χ3n) is 4.65. The van der Waals surface area contributed by atoms with Crippen molar-refractivity contribution in [3.05, 3.63) is 101 Å². The van der Waals surface area contributed by atoms with Gasteiger partial charge in [-0.05, 0) is 35.7 Å². The molecule has 2 amide bonds. The lowest BCUT2D eigenvalue weighted by Crippen LogP contribution is -2.27. The molecular formula is C24H24N2O2. The number of nitrogens with one attached hydrogen (secondary N) is 1. The van der Waals surface area contributed by atoms with E-state index in [9.17, 15) is 9.59 Å². The van der Waals surface area contributed by atoms with Crippen molar-refractivity contribution in [1.82, 2.24) is 4.90 Å². The van der Waals surface area contributed by atoms with Crippen LogP contribution in [0.5, 0.6) is 0 Å². The minimum absolute atomic E-state index is 0.129. The zero-order valence-electron chi connectivity index (χ0n) is 16.2. The molecule has 28 heavy (non-hydrogen) atoms. The molecule has 3 aromatic carbocycles. The molecule has 0 unspecified atom stereocenters. The van der Waals surface area contributed by atoms with Crippen LogP contribution in [0.3, 0.4) is 0 Å². The molecular weight excluding hydrogens is 348 g/mol. The van der Waals surface area contributed by atoms with Gasteiger partial charge in [0.15, 0.2) is 0 Å². The standard InChI is InChI=1S/C24H24N2O2/c1-18-10-6-7-13-20(18)16-23(27)25-22-15-9-8-14-21(22)24(28)26(2)17-19-11-4-3-5-12-19/h3-15H,16-17H2,1-2H3,(H,25,27). The number of rotatable bonds is 6. The Balaban J connectivity index is 1.72. The van der Waals surface area contributed by atoms with Crippen molar-refractivity contribution in [3.63, 3.8) is 0 Å². The lowest BCUT2D eigenvalue weighted by Gasteiger charge is -2.19. The number of carbonyl (C=O) groups excluding carboxylic acids is 2. The highest BCUT2D eigenvalue weighted by molar-refractivity contribution is 6.04. The van der Waals surface area contributed by atoms with Crippen molar-refractivity contribution in [2.45, 2.75) is 19.9 Å². The number of benzene rings is 3. The number of carbonyl (C=O) groups is 2. The highest BCUT2D eigenvalue weighted by Gasteiger charge is 2.17. The van der Waals surface area contributed by atoms with Crippen molar-refractivity contribution in [3.8, 4) is 0 Å². The van der Waals surface area contributed by atoms with E-state index in [-0.39, 0.29) is 18.2 Å². The van der Waals surface area contributed by atoms with E-state index in [0.717, 1.165) is 16.7 Å². The summed E-state index contributed by atoms with van der Waals surface area (Å²) in [5, 5.41) is 2.90. The summed E-state index contributed by atoms with van der Waals surface area (Å²) in [6, 6.07) is 24.8. The van der Waals surface area contributed by atoms with E-state index in [0.29, 0.717) is 17.8 Å². The average Bonchev–Trinajstić information content (AvgIpc) is 2.70. The molecule has 0 aliphatic carbocycles. The third-order valence-corrected chi connectivity index (χ3v) is 4.65. The van der Waals surface area contributed by atoms with Crippen LogP contribution in [0.2, 0.25) is 0 Å². The second-order valence-corrected chi connectivity index (χ2v) is 6.84. The predicted molar refractivity (Wildman–Crippen MR) is 112 cm³/mol. The molecule has 0 aliphatic heterocycles. The van der Waals surface area contributed by atoms with Gasteiger partial charge in [-0.25, -0.2) is 0 Å². The van der Waals surface area contributed by atoms with Gasteiger partial charge in [0.1, 0.15) is 0 Å². The molecule has 1 N–H and O–H groups in total. The molecule has 4 heteroatoms. The number of aryl methyl sites for hydroxylation is 1. The molecule has 4 nitrogen and oxygen atoms in total. The first-order valence-electron chi connectivity index (χ1n) is 9.27. The molecule has 0 spiro atoms. The van der Waals surface area contributed by atoms with Crippen LogP contribution in [0.4, 0.5) is 5.69 Å². The molecule has 0 bridgehead atoms. The fraction of sp³-hybridized carbons (Fsp3) is 0.167. The first-order chi connectivity index (χ1) is 13.5. The van der Waals surface area contributed by atoms with Crippen molar-refractivity contribution >= 4 is 17.5 Å². The fourth-order valence-corrected chi connectivity index (χ4v) is 3.09. The number of hydrogen-bond acceptors (Lipinski definition) is 2. The Morgan fingerprint density at radius 2 is 1.50 bits per heavy atom. The minimum Gasteiger partial charge on any atom is -0.337 e. The monoisotopic (exact) mass is 372 g/mol. The molecule has 0 radical (unpaired) electrons. The summed E-state index contributed by atoms with van der Waals surface area (Å²) < 4.78 is 0. The summed E-state index contributed by atoms with van der Waals surface area (Å²) in [7, 11) is 1.77. The van der Waals surface area contributed by atoms with Crippen LogP contribution in [0.15, 0.2) is 78.9 Å². The SMILES string of the molecule is Cc1ccccc1CC(=O)Nc1ccccc1C(=O)N(C)Cc1ccccc1. The van der Waals surface area contributed by atoms with E-state index in [2.05, 4.69) is 5.32 Å². The number of hydrogen-bond donors (Lipinski definition) is 1. The van der Waals surface area contributed by atoms with E-state index in [1.165, 1.54) is 0 Å². The molecule has 0 heterocycles. The lowest BCUT2D eigenvalue weighted by molar-refractivity contribution is -0.115. The van der Waals surface area contributed by atoms with E-state index in [1.54, 1.807) is 30.1 Å². The molecule has 0 saturated carbocycles. The maximum absolute atomic E-state index is 12.9. The summed E-state index contributed by atoms with van der Waals surface area (Å²) in [5.74, 6) is -0.268. The Labute approximate surface area is 165 Å². The van der Waals surface area contributed by atoms with Gasteiger partial charge >= 0.3 is 0 Å². The van der Waals surface area contributed by atoms with Crippen LogP contribution in [0.1, 0.15) is 27.0 Å². The molecule has 0 aromatic heterocycles. The second-order valence-electron chi connectivity index (χ2n) is 6.84. The van der Waals surface area contributed by atoms with Crippen LogP contribution >= 0.6 is 0 Å². The molecule has 3 aromatic rings. The Morgan fingerprint density at radius 3 is 2.25 bits per heavy atom. The molecule has 3 rings (SSSR count). The first kappa shape index (κ1) is 19.4. The Kier molecular flexibility index (Phi) is 6.22. The Hall–Kier alpha value is -3.40. The van der Waals surface area contributed by atoms with Crippen molar-refractivity contribution in [2.24, 2.45) is 0 Å². The maximum Gasteiger partial charge on any atom is 0.256 e. The fourth-order valence-electron chi connectivity index (χ4n) is 3.09. The zero-order chi connectivity index (χ0) is 19.9. The van der Waals surface area contributed by atoms with Gasteiger partial charge in [0.05, 0.1) is 17.7 Å². The molecule has 0 fully saturated rings. The van der Waals surface area contributed by atoms with Gasteiger partial charge in [0, 0.05) is 13.6 Å². The quantitative estimate of drug-likeness (QED) is 0.695. The van der Waals surface area contributed by atoms with Gasteiger partial charge in [0.25, 0.3) is 5.91 Å². The summed E-state index contributed by atoms with van der Waals surface area (Å²) in [5.41, 5.74) is 4.12. The lowest BCUT2D eigenvalue weighted by atomic mass is 10.1. The van der Waals surface area contributed by atoms with Gasteiger partial charge in [-0.3, -0.25) is 9.59 Å². The average molecular weight is 372 g/mol. The molecule has 0 saturated heterocycles. The largest absolute Gasteiger partial charge is 0.337 e. The van der Waals surface area contributed by atoms with E-state index in [1.807, 2.05) is 67.6 Å². The molecule has 0 atom stereocenters. The molecule has 142 valence electrons. The number of anilines is 1. The predicted octanol–water partition coefficient (Wildman–Crippen LogP) is 4.45. The highest BCUT2D eigenvalue weighted by Crippen LogP contribution is 2.19. The summed E-state index contributed by atoms with van der Waals surface area (Å²) in [6.07, 6.45) is 0.273. The minimum atomic E-state index is -0.139. The van der Waals surface area contributed by atoms with Gasteiger partial charge in [-0.1, -0.05) is 66.7 Å². The van der Waals surface area contributed by atoms with Crippen LogP contribution in [0.25, 0.3) is 0 Å². The van der Waals surface area contributed by atoms with Crippen molar-refractivity contribution in [1.29, 1.82) is 0 Å². The number of amides is 2. The zero-order valence-corrected chi connectivity index (χ0v) is 16.2. The van der Waals surface area contributed by atoms with Gasteiger partial charge in [-0.15, -0.1) is 0 Å². The van der Waals surface area contributed by atoms with Crippen LogP contribution < -0.4 is 5.32 Å². The van der Waals surface area contributed by atoms with Crippen molar-refractivity contribution < 1.29 is 9.59 Å². The normalized spacial score (nSPS) is 10.4. The van der Waals surface area contributed by atoms with E-state index >= 15 is 0 Å². The first-order valence-corrected chi connectivity index (χ1v) is 9.27.